The van der Waals surface area contributed by atoms with Crippen molar-refractivity contribution in [2.75, 3.05) is 26.0 Å². The van der Waals surface area contributed by atoms with Gasteiger partial charge < -0.3 is 5.32 Å². The molecule has 0 spiro atoms. The minimum atomic E-state index is -3.59. The van der Waals surface area contributed by atoms with E-state index in [9.17, 15) is 17.6 Å². The molecule has 0 radical (unpaired) electrons. The number of nitrogens with one attached hydrogen (secondary N) is 2. The summed E-state index contributed by atoms with van der Waals surface area (Å²) < 4.78 is 38.7. The van der Waals surface area contributed by atoms with Gasteiger partial charge in [0.2, 0.25) is 15.9 Å². The number of hydrogen-bond donors (Lipinski definition) is 2. The van der Waals surface area contributed by atoms with E-state index in [1.54, 1.807) is 18.2 Å². The first-order valence-electron chi connectivity index (χ1n) is 8.46. The molecule has 1 amide bonds. The maximum Gasteiger partial charge on any atom is 0.242 e. The highest BCUT2D eigenvalue weighted by molar-refractivity contribution is 7.89. The van der Waals surface area contributed by atoms with E-state index >= 15 is 0 Å². The van der Waals surface area contributed by atoms with Crippen molar-refractivity contribution >= 4 is 33.2 Å². The van der Waals surface area contributed by atoms with Crippen LogP contribution in [0.4, 0.5) is 10.1 Å². The molecule has 0 saturated heterocycles. The summed E-state index contributed by atoms with van der Waals surface area (Å²) >= 11 is 6.10. The van der Waals surface area contributed by atoms with Crippen LogP contribution in [0.5, 0.6) is 0 Å². The zero-order valence-corrected chi connectivity index (χ0v) is 17.7. The molecule has 2 aromatic carbocycles. The fourth-order valence-electron chi connectivity index (χ4n) is 2.54. The normalized spacial score (nSPS) is 12.2. The Hall–Kier alpha value is -2.00. The van der Waals surface area contributed by atoms with E-state index in [0.29, 0.717) is 11.3 Å². The first-order valence-corrected chi connectivity index (χ1v) is 10.3. The minimum Gasteiger partial charge on any atom is -0.325 e. The Morgan fingerprint density at radius 2 is 1.86 bits per heavy atom. The Morgan fingerprint density at radius 3 is 2.46 bits per heavy atom. The number of carbonyl (C=O) groups excluding carboxylic acids is 1. The van der Waals surface area contributed by atoms with Crippen molar-refractivity contribution in [2.24, 2.45) is 0 Å². The Bertz CT molecular complexity index is 978. The minimum absolute atomic E-state index is 0.0502. The van der Waals surface area contributed by atoms with Gasteiger partial charge in [-0.15, -0.1) is 0 Å². The molecule has 2 N–H and O–H groups in total. The lowest BCUT2D eigenvalue weighted by Crippen LogP contribution is -2.41. The first kappa shape index (κ1) is 22.3. The Morgan fingerprint density at radius 1 is 1.18 bits per heavy atom. The van der Waals surface area contributed by atoms with Crippen molar-refractivity contribution in [3.63, 3.8) is 0 Å². The predicted molar refractivity (Wildman–Crippen MR) is 108 cm³/mol. The fraction of sp³-hybridized carbons (Fsp3) is 0.316. The van der Waals surface area contributed by atoms with Gasteiger partial charge in [-0.05, 0) is 49.7 Å². The third-order valence-corrected chi connectivity index (χ3v) is 6.32. The molecule has 9 heteroatoms. The van der Waals surface area contributed by atoms with Crippen molar-refractivity contribution in [3.05, 3.63) is 58.9 Å². The van der Waals surface area contributed by atoms with Gasteiger partial charge in [-0.2, -0.15) is 0 Å². The van der Waals surface area contributed by atoms with Gasteiger partial charge in [-0.3, -0.25) is 10.1 Å². The average molecular weight is 428 g/mol. The molecule has 2 rings (SSSR count). The van der Waals surface area contributed by atoms with E-state index in [4.69, 9.17) is 11.6 Å². The number of rotatable bonds is 7. The second-order valence-electron chi connectivity index (χ2n) is 6.97. The highest BCUT2D eigenvalue weighted by atomic mass is 35.5. The zero-order valence-electron chi connectivity index (χ0n) is 16.1. The summed E-state index contributed by atoms with van der Waals surface area (Å²) in [5, 5.41) is 6.00. The van der Waals surface area contributed by atoms with Crippen molar-refractivity contribution in [1.29, 1.82) is 0 Å². The Balaban J connectivity index is 2.06. The summed E-state index contributed by atoms with van der Waals surface area (Å²) in [5.41, 5.74) is 0.341. The van der Waals surface area contributed by atoms with Gasteiger partial charge in [0.05, 0.1) is 11.4 Å². The molecular formula is C19H23ClFN3O3S. The van der Waals surface area contributed by atoms with Crippen molar-refractivity contribution < 1.29 is 17.6 Å². The number of anilines is 1. The molecule has 0 aliphatic rings. The molecule has 2 aromatic rings. The third-order valence-electron chi connectivity index (χ3n) is 4.19. The average Bonchev–Trinajstić information content (AvgIpc) is 2.60. The molecule has 0 atom stereocenters. The quantitative estimate of drug-likeness (QED) is 0.711. The number of amides is 1. The number of carbonyl (C=O) groups is 1. The van der Waals surface area contributed by atoms with Crippen LogP contribution in [0.25, 0.3) is 0 Å². The number of hydrogen-bond acceptors (Lipinski definition) is 4. The summed E-state index contributed by atoms with van der Waals surface area (Å²) in [6.07, 6.45) is 0. The van der Waals surface area contributed by atoms with Gasteiger partial charge in [-0.25, -0.2) is 17.1 Å². The van der Waals surface area contributed by atoms with Crippen LogP contribution >= 0.6 is 11.6 Å². The lowest BCUT2D eigenvalue weighted by Gasteiger charge is -2.27. The molecule has 28 heavy (non-hydrogen) atoms. The molecule has 0 fully saturated rings. The van der Waals surface area contributed by atoms with Gasteiger partial charge in [0.1, 0.15) is 5.82 Å². The largest absolute Gasteiger partial charge is 0.325 e. The first-order chi connectivity index (χ1) is 12.9. The summed E-state index contributed by atoms with van der Waals surface area (Å²) in [5.74, 6) is -0.791. The fourth-order valence-corrected chi connectivity index (χ4v) is 3.89. The van der Waals surface area contributed by atoms with Gasteiger partial charge in [0.15, 0.2) is 0 Å². The van der Waals surface area contributed by atoms with Gasteiger partial charge >= 0.3 is 0 Å². The maximum atomic E-state index is 13.2. The maximum absolute atomic E-state index is 13.2. The summed E-state index contributed by atoms with van der Waals surface area (Å²) in [4.78, 5) is 12.4. The molecule has 0 bridgehead atoms. The van der Waals surface area contributed by atoms with Crippen molar-refractivity contribution in [2.45, 2.75) is 24.3 Å². The summed E-state index contributed by atoms with van der Waals surface area (Å²) in [7, 11) is -0.719. The highest BCUT2D eigenvalue weighted by Crippen LogP contribution is 2.28. The monoisotopic (exact) mass is 427 g/mol. The van der Waals surface area contributed by atoms with Crippen LogP contribution in [-0.4, -0.2) is 39.3 Å². The lowest BCUT2D eigenvalue weighted by molar-refractivity contribution is -0.115. The highest BCUT2D eigenvalue weighted by Gasteiger charge is 2.24. The van der Waals surface area contributed by atoms with Crippen LogP contribution in [0.15, 0.2) is 47.4 Å². The number of halogens is 2. The summed E-state index contributed by atoms with van der Waals surface area (Å²) in [6.45, 7) is 3.60. The van der Waals surface area contributed by atoms with Crippen LogP contribution in [-0.2, 0) is 20.4 Å². The van der Waals surface area contributed by atoms with Gasteiger partial charge in [-0.1, -0.05) is 23.7 Å². The van der Waals surface area contributed by atoms with E-state index in [-0.39, 0.29) is 22.4 Å². The van der Waals surface area contributed by atoms with Crippen LogP contribution in [0, 0.1) is 5.82 Å². The smallest absolute Gasteiger partial charge is 0.242 e. The van der Waals surface area contributed by atoms with Crippen molar-refractivity contribution in [3.8, 4) is 0 Å². The second kappa shape index (κ2) is 8.57. The predicted octanol–water partition coefficient (Wildman–Crippen LogP) is 3.19. The summed E-state index contributed by atoms with van der Waals surface area (Å²) in [6, 6.07) is 10.1. The molecule has 152 valence electrons. The van der Waals surface area contributed by atoms with Crippen molar-refractivity contribution in [1.82, 2.24) is 9.62 Å². The Labute approximate surface area is 169 Å². The van der Waals surface area contributed by atoms with Crippen LogP contribution < -0.4 is 10.6 Å². The second-order valence-corrected chi connectivity index (χ2v) is 9.53. The molecule has 0 aliphatic carbocycles. The van der Waals surface area contributed by atoms with E-state index in [0.717, 1.165) is 4.31 Å². The molecule has 0 heterocycles. The number of nitrogens with zero attached hydrogens (tertiary/aromatic N) is 1. The van der Waals surface area contributed by atoms with E-state index in [1.165, 1.54) is 38.4 Å². The van der Waals surface area contributed by atoms with Gasteiger partial charge in [0.25, 0.3) is 0 Å². The van der Waals surface area contributed by atoms with E-state index < -0.39 is 21.4 Å². The van der Waals surface area contributed by atoms with E-state index in [1.807, 2.05) is 13.8 Å². The van der Waals surface area contributed by atoms with Gasteiger partial charge in [0, 0.05) is 30.3 Å². The number of benzene rings is 2. The topological polar surface area (TPSA) is 78.5 Å². The molecule has 0 unspecified atom stereocenters. The van der Waals surface area contributed by atoms with E-state index in [2.05, 4.69) is 10.6 Å². The standard InChI is InChI=1S/C19H23ClFN3O3S/c1-19(2,16-9-8-13(21)10-17(16)20)22-12-18(25)23-14-6-5-7-15(11-14)28(26,27)24(3)4/h5-11,22H,12H2,1-4H3,(H,23,25). The third kappa shape index (κ3) is 5.29. The molecule has 0 saturated carbocycles. The molecule has 0 aromatic heterocycles. The van der Waals surface area contributed by atoms with Crippen LogP contribution in [0.2, 0.25) is 5.02 Å². The SMILES string of the molecule is CN(C)S(=O)(=O)c1cccc(NC(=O)CNC(C)(C)c2ccc(F)cc2Cl)c1. The number of sulfonamides is 1. The molecule has 0 aliphatic heterocycles. The molecular weight excluding hydrogens is 405 g/mol. The zero-order chi connectivity index (χ0) is 21.1. The van der Waals surface area contributed by atoms with Crippen LogP contribution in [0.3, 0.4) is 0 Å². The van der Waals surface area contributed by atoms with Crippen LogP contribution in [0.1, 0.15) is 19.4 Å². The Kier molecular flexibility index (Phi) is 6.82. The lowest BCUT2D eigenvalue weighted by atomic mass is 9.94. The molecule has 6 nitrogen and oxygen atoms in total.